The molecule has 1 aromatic heterocycles. The first-order valence-electron chi connectivity index (χ1n) is 7.06. The molecule has 0 amide bonds. The van der Waals surface area contributed by atoms with Crippen molar-refractivity contribution in [3.05, 3.63) is 30.1 Å². The Morgan fingerprint density at radius 3 is 2.39 bits per heavy atom. The van der Waals surface area contributed by atoms with Gasteiger partial charge < -0.3 is 5.73 Å². The first kappa shape index (κ1) is 15.1. The van der Waals surface area contributed by atoms with Gasteiger partial charge in [-0.3, -0.25) is 9.88 Å². The van der Waals surface area contributed by atoms with E-state index in [1.54, 1.807) is 0 Å². The molecular weight excluding hydrogens is 222 g/mol. The second kappa shape index (κ2) is 8.22. The molecule has 0 radical (unpaired) electrons. The van der Waals surface area contributed by atoms with E-state index in [0.717, 1.165) is 6.54 Å². The van der Waals surface area contributed by atoms with Crippen LogP contribution in [0.1, 0.15) is 51.6 Å². The van der Waals surface area contributed by atoms with Gasteiger partial charge in [0.1, 0.15) is 0 Å². The van der Waals surface area contributed by atoms with Crippen molar-refractivity contribution in [2.45, 2.75) is 52.1 Å². The van der Waals surface area contributed by atoms with Crippen LogP contribution in [0.15, 0.2) is 24.5 Å². The summed E-state index contributed by atoms with van der Waals surface area (Å²) in [6.45, 7) is 8.51. The summed E-state index contributed by atoms with van der Waals surface area (Å²) >= 11 is 0. The highest BCUT2D eigenvalue weighted by Gasteiger charge is 2.20. The summed E-state index contributed by atoms with van der Waals surface area (Å²) in [5.41, 5.74) is 7.26. The maximum atomic E-state index is 5.99. The maximum Gasteiger partial charge on any atom is 0.0474 e. The summed E-state index contributed by atoms with van der Waals surface area (Å²) in [5, 5.41) is 0. The van der Waals surface area contributed by atoms with E-state index in [2.05, 4.69) is 42.8 Å². The minimum absolute atomic E-state index is 0.310. The van der Waals surface area contributed by atoms with Gasteiger partial charge in [0, 0.05) is 31.0 Å². The van der Waals surface area contributed by atoms with E-state index >= 15 is 0 Å². The molecule has 1 rings (SSSR count). The molecule has 0 aromatic carbocycles. The van der Waals surface area contributed by atoms with Gasteiger partial charge in [-0.25, -0.2) is 0 Å². The molecule has 0 aliphatic heterocycles. The number of pyridine rings is 1. The summed E-state index contributed by atoms with van der Waals surface area (Å²) in [6.07, 6.45) is 7.49. The zero-order valence-corrected chi connectivity index (χ0v) is 12.0. The number of hydrogen-bond donors (Lipinski definition) is 1. The number of hydrogen-bond acceptors (Lipinski definition) is 3. The number of rotatable bonds is 8. The van der Waals surface area contributed by atoms with Gasteiger partial charge in [-0.05, 0) is 44.5 Å². The van der Waals surface area contributed by atoms with Crippen LogP contribution in [-0.4, -0.2) is 29.0 Å². The number of unbranched alkanes of at least 4 members (excludes halogenated alkanes) is 2. The van der Waals surface area contributed by atoms with Gasteiger partial charge >= 0.3 is 0 Å². The Labute approximate surface area is 111 Å². The van der Waals surface area contributed by atoms with Crippen molar-refractivity contribution in [1.82, 2.24) is 9.88 Å². The van der Waals surface area contributed by atoms with Crippen LogP contribution in [0.4, 0.5) is 0 Å². The standard InChI is InChI=1S/C15H27N3/c1-4-5-6-11-18(13(2)3)15(12-16)14-7-9-17-10-8-14/h7-10,13,15H,4-6,11-12,16H2,1-3H3. The lowest BCUT2D eigenvalue weighted by atomic mass is 10.0. The first-order chi connectivity index (χ1) is 8.70. The highest BCUT2D eigenvalue weighted by Crippen LogP contribution is 2.22. The zero-order chi connectivity index (χ0) is 13.4. The van der Waals surface area contributed by atoms with E-state index in [4.69, 9.17) is 5.73 Å². The summed E-state index contributed by atoms with van der Waals surface area (Å²) in [6, 6.07) is 4.98. The van der Waals surface area contributed by atoms with Crippen molar-refractivity contribution in [3.8, 4) is 0 Å². The van der Waals surface area contributed by atoms with Gasteiger partial charge in [-0.15, -0.1) is 0 Å². The van der Waals surface area contributed by atoms with E-state index in [9.17, 15) is 0 Å². The van der Waals surface area contributed by atoms with Crippen molar-refractivity contribution >= 4 is 0 Å². The Morgan fingerprint density at radius 1 is 1.22 bits per heavy atom. The molecule has 18 heavy (non-hydrogen) atoms. The molecule has 1 aromatic rings. The van der Waals surface area contributed by atoms with Crippen molar-refractivity contribution in [2.24, 2.45) is 5.73 Å². The van der Waals surface area contributed by atoms with Crippen LogP contribution < -0.4 is 5.73 Å². The monoisotopic (exact) mass is 249 g/mol. The van der Waals surface area contributed by atoms with Gasteiger partial charge in [0.15, 0.2) is 0 Å². The average Bonchev–Trinajstić information content (AvgIpc) is 2.39. The Morgan fingerprint density at radius 2 is 1.89 bits per heavy atom. The normalized spacial score (nSPS) is 13.2. The summed E-state index contributed by atoms with van der Waals surface area (Å²) in [7, 11) is 0. The Bertz CT molecular complexity index is 311. The number of nitrogens with two attached hydrogens (primary N) is 1. The van der Waals surface area contributed by atoms with Crippen molar-refractivity contribution < 1.29 is 0 Å². The molecule has 2 N–H and O–H groups in total. The van der Waals surface area contributed by atoms with Gasteiger partial charge in [-0.2, -0.15) is 0 Å². The minimum atomic E-state index is 0.310. The molecule has 1 unspecified atom stereocenters. The largest absolute Gasteiger partial charge is 0.329 e. The van der Waals surface area contributed by atoms with E-state index in [0.29, 0.717) is 18.6 Å². The second-order valence-electron chi connectivity index (χ2n) is 5.07. The van der Waals surface area contributed by atoms with Crippen LogP contribution >= 0.6 is 0 Å². The van der Waals surface area contributed by atoms with Crippen LogP contribution in [0.25, 0.3) is 0 Å². The molecule has 0 aliphatic carbocycles. The van der Waals surface area contributed by atoms with Crippen LogP contribution in [0.5, 0.6) is 0 Å². The predicted molar refractivity (Wildman–Crippen MR) is 77.4 cm³/mol. The topological polar surface area (TPSA) is 42.1 Å². The van der Waals surface area contributed by atoms with Crippen molar-refractivity contribution in [1.29, 1.82) is 0 Å². The molecule has 0 bridgehead atoms. The molecule has 3 nitrogen and oxygen atoms in total. The quantitative estimate of drug-likeness (QED) is 0.720. The van der Waals surface area contributed by atoms with Gasteiger partial charge in [0.05, 0.1) is 0 Å². The third kappa shape index (κ3) is 4.39. The average molecular weight is 249 g/mol. The lowest BCUT2D eigenvalue weighted by Gasteiger charge is -2.34. The molecule has 102 valence electrons. The highest BCUT2D eigenvalue weighted by atomic mass is 15.2. The third-order valence-corrected chi connectivity index (χ3v) is 3.40. The second-order valence-corrected chi connectivity index (χ2v) is 5.07. The molecule has 0 saturated heterocycles. The van der Waals surface area contributed by atoms with Crippen LogP contribution in [0.3, 0.4) is 0 Å². The smallest absolute Gasteiger partial charge is 0.0474 e. The van der Waals surface area contributed by atoms with E-state index < -0.39 is 0 Å². The maximum absolute atomic E-state index is 5.99. The van der Waals surface area contributed by atoms with E-state index in [1.807, 2.05) is 12.4 Å². The minimum Gasteiger partial charge on any atom is -0.329 e. The fraction of sp³-hybridized carbons (Fsp3) is 0.667. The van der Waals surface area contributed by atoms with Crippen LogP contribution in [-0.2, 0) is 0 Å². The molecule has 0 spiro atoms. The molecule has 1 atom stereocenters. The summed E-state index contributed by atoms with van der Waals surface area (Å²) in [5.74, 6) is 0. The SMILES string of the molecule is CCCCCN(C(C)C)C(CN)c1ccncc1. The number of nitrogens with zero attached hydrogens (tertiary/aromatic N) is 2. The van der Waals surface area contributed by atoms with Crippen molar-refractivity contribution in [2.75, 3.05) is 13.1 Å². The Kier molecular flexibility index (Phi) is 6.91. The molecule has 0 fully saturated rings. The number of aromatic nitrogens is 1. The predicted octanol–water partition coefficient (Wildman–Crippen LogP) is 2.98. The van der Waals surface area contributed by atoms with Gasteiger partial charge in [0.2, 0.25) is 0 Å². The lowest BCUT2D eigenvalue weighted by molar-refractivity contribution is 0.154. The molecular formula is C15H27N3. The fourth-order valence-electron chi connectivity index (χ4n) is 2.37. The summed E-state index contributed by atoms with van der Waals surface area (Å²) in [4.78, 5) is 6.59. The van der Waals surface area contributed by atoms with Crippen molar-refractivity contribution in [3.63, 3.8) is 0 Å². The first-order valence-corrected chi connectivity index (χ1v) is 7.06. The third-order valence-electron chi connectivity index (χ3n) is 3.40. The van der Waals surface area contributed by atoms with E-state index in [-0.39, 0.29) is 0 Å². The molecule has 3 heteroatoms. The van der Waals surface area contributed by atoms with Gasteiger partial charge in [0.25, 0.3) is 0 Å². The van der Waals surface area contributed by atoms with Gasteiger partial charge in [-0.1, -0.05) is 19.8 Å². The molecule has 1 heterocycles. The highest BCUT2D eigenvalue weighted by molar-refractivity contribution is 5.15. The van der Waals surface area contributed by atoms with Crippen LogP contribution in [0, 0.1) is 0 Å². The van der Waals surface area contributed by atoms with E-state index in [1.165, 1.54) is 24.8 Å². The Hall–Kier alpha value is -0.930. The molecule has 0 aliphatic rings. The van der Waals surface area contributed by atoms with Crippen LogP contribution in [0.2, 0.25) is 0 Å². The zero-order valence-electron chi connectivity index (χ0n) is 12.0. The summed E-state index contributed by atoms with van der Waals surface area (Å²) < 4.78 is 0. The Balaban J connectivity index is 2.74. The molecule has 0 saturated carbocycles. The fourth-order valence-corrected chi connectivity index (χ4v) is 2.37. The lowest BCUT2D eigenvalue weighted by Crippen LogP contribution is -2.39.